The van der Waals surface area contributed by atoms with Crippen molar-refractivity contribution in [1.82, 2.24) is 9.80 Å². The first kappa shape index (κ1) is 18.1. The number of likely N-dealkylation sites (tertiary alicyclic amines) is 1. The van der Waals surface area contributed by atoms with Crippen molar-refractivity contribution in [1.29, 1.82) is 0 Å². The van der Waals surface area contributed by atoms with Crippen molar-refractivity contribution >= 4 is 11.7 Å². The van der Waals surface area contributed by atoms with Gasteiger partial charge in [0.1, 0.15) is 0 Å². The highest BCUT2D eigenvalue weighted by molar-refractivity contribution is 5.74. The number of benzene rings is 1. The molecule has 1 heterocycles. The SMILES string of the molecule is C[C@@H]1CCc2cc(N)ccc2[C@]1(C)CCN(C)C(=O)N1CCCCC1. The van der Waals surface area contributed by atoms with Gasteiger partial charge in [-0.2, -0.15) is 0 Å². The standard InChI is InChI=1S/C21H33N3O/c1-16-7-8-17-15-18(22)9-10-19(17)21(16,2)11-14-23(3)20(25)24-12-5-4-6-13-24/h9-10,15-16H,4-8,11-14,22H2,1-3H3/t16-,21-/m1/s1. The molecule has 3 rings (SSSR count). The molecule has 1 fully saturated rings. The van der Waals surface area contributed by atoms with Gasteiger partial charge in [0, 0.05) is 32.4 Å². The molecule has 1 aliphatic carbocycles. The van der Waals surface area contributed by atoms with Crippen LogP contribution in [0.15, 0.2) is 18.2 Å². The maximum absolute atomic E-state index is 12.7. The molecule has 1 aliphatic heterocycles. The molecule has 138 valence electrons. The van der Waals surface area contributed by atoms with Gasteiger partial charge in [0.25, 0.3) is 0 Å². The van der Waals surface area contributed by atoms with E-state index >= 15 is 0 Å². The third-order valence-electron chi connectivity index (χ3n) is 6.60. The Morgan fingerprint density at radius 3 is 2.76 bits per heavy atom. The minimum atomic E-state index is 0.109. The molecule has 2 amide bonds. The summed E-state index contributed by atoms with van der Waals surface area (Å²) in [4.78, 5) is 16.6. The largest absolute Gasteiger partial charge is 0.399 e. The van der Waals surface area contributed by atoms with E-state index < -0.39 is 0 Å². The summed E-state index contributed by atoms with van der Waals surface area (Å²) in [7, 11) is 1.96. The molecule has 4 nitrogen and oxygen atoms in total. The molecule has 0 bridgehead atoms. The van der Waals surface area contributed by atoms with Crippen LogP contribution in [0.1, 0.15) is 57.1 Å². The Kier molecular flexibility index (Phi) is 5.26. The molecule has 1 aromatic carbocycles. The van der Waals surface area contributed by atoms with Crippen LogP contribution in [0.25, 0.3) is 0 Å². The number of hydrogen-bond donors (Lipinski definition) is 1. The Morgan fingerprint density at radius 1 is 1.32 bits per heavy atom. The quantitative estimate of drug-likeness (QED) is 0.842. The number of anilines is 1. The number of amides is 2. The molecule has 2 atom stereocenters. The summed E-state index contributed by atoms with van der Waals surface area (Å²) in [6.45, 7) is 7.36. The summed E-state index contributed by atoms with van der Waals surface area (Å²) < 4.78 is 0. The van der Waals surface area contributed by atoms with E-state index in [0.29, 0.717) is 5.92 Å². The fourth-order valence-corrected chi connectivity index (χ4v) is 4.54. The van der Waals surface area contributed by atoms with Crippen molar-refractivity contribution in [3.05, 3.63) is 29.3 Å². The molecule has 4 heteroatoms. The number of hydrogen-bond acceptors (Lipinski definition) is 2. The average molecular weight is 344 g/mol. The van der Waals surface area contributed by atoms with Crippen LogP contribution in [0.5, 0.6) is 0 Å². The number of nitrogens with zero attached hydrogens (tertiary/aromatic N) is 2. The zero-order valence-electron chi connectivity index (χ0n) is 16.1. The Labute approximate surface area is 152 Å². The monoisotopic (exact) mass is 343 g/mol. The smallest absolute Gasteiger partial charge is 0.319 e. The summed E-state index contributed by atoms with van der Waals surface area (Å²) >= 11 is 0. The van der Waals surface area contributed by atoms with Crippen molar-refractivity contribution in [2.75, 3.05) is 32.4 Å². The summed E-state index contributed by atoms with van der Waals surface area (Å²) in [5, 5.41) is 0. The van der Waals surface area contributed by atoms with Gasteiger partial charge in [-0.15, -0.1) is 0 Å². The zero-order valence-corrected chi connectivity index (χ0v) is 16.1. The number of nitrogen functional groups attached to an aromatic ring is 1. The molecule has 0 unspecified atom stereocenters. The van der Waals surface area contributed by atoms with Gasteiger partial charge in [-0.05, 0) is 73.1 Å². The number of piperidine rings is 1. The highest BCUT2D eigenvalue weighted by Gasteiger charge is 2.38. The van der Waals surface area contributed by atoms with Crippen LogP contribution >= 0.6 is 0 Å². The molecule has 0 spiro atoms. The topological polar surface area (TPSA) is 49.6 Å². The van der Waals surface area contributed by atoms with E-state index in [1.807, 2.05) is 22.9 Å². The Morgan fingerprint density at radius 2 is 2.04 bits per heavy atom. The van der Waals surface area contributed by atoms with E-state index in [-0.39, 0.29) is 11.4 Å². The Hall–Kier alpha value is -1.71. The van der Waals surface area contributed by atoms with E-state index in [1.165, 1.54) is 24.0 Å². The van der Waals surface area contributed by atoms with Gasteiger partial charge in [0.15, 0.2) is 0 Å². The molecule has 0 saturated carbocycles. The second kappa shape index (κ2) is 7.27. The van der Waals surface area contributed by atoms with Gasteiger partial charge in [-0.25, -0.2) is 4.79 Å². The molecular formula is C21H33N3O. The molecule has 0 aromatic heterocycles. The van der Waals surface area contributed by atoms with Gasteiger partial charge in [-0.3, -0.25) is 0 Å². The number of urea groups is 1. The Balaban J connectivity index is 1.70. The second-order valence-electron chi connectivity index (χ2n) is 8.28. The number of nitrogens with two attached hydrogens (primary N) is 1. The van der Waals surface area contributed by atoms with E-state index in [0.717, 1.165) is 51.0 Å². The molecule has 0 radical (unpaired) electrons. The summed E-state index contributed by atoms with van der Waals surface area (Å²) in [6.07, 6.45) is 6.84. The van der Waals surface area contributed by atoms with Crippen LogP contribution < -0.4 is 5.73 Å². The number of fused-ring (bicyclic) bond motifs is 1. The lowest BCUT2D eigenvalue weighted by molar-refractivity contribution is 0.145. The van der Waals surface area contributed by atoms with E-state index in [9.17, 15) is 4.79 Å². The van der Waals surface area contributed by atoms with E-state index in [2.05, 4.69) is 26.0 Å². The van der Waals surface area contributed by atoms with Gasteiger partial charge in [0.2, 0.25) is 0 Å². The first-order valence-electron chi connectivity index (χ1n) is 9.81. The van der Waals surface area contributed by atoms with E-state index in [1.54, 1.807) is 0 Å². The first-order chi connectivity index (χ1) is 11.9. The summed E-state index contributed by atoms with van der Waals surface area (Å²) in [5.41, 5.74) is 9.78. The predicted octanol–water partition coefficient (Wildman–Crippen LogP) is 4.04. The van der Waals surface area contributed by atoms with E-state index in [4.69, 9.17) is 5.73 Å². The average Bonchev–Trinajstić information content (AvgIpc) is 2.63. The molecule has 1 saturated heterocycles. The number of carbonyl (C=O) groups excluding carboxylic acids is 1. The Bertz CT molecular complexity index is 624. The number of carbonyl (C=O) groups is 1. The van der Waals surface area contributed by atoms with Crippen LogP contribution in [-0.4, -0.2) is 42.5 Å². The predicted molar refractivity (Wildman–Crippen MR) is 104 cm³/mol. The van der Waals surface area contributed by atoms with Gasteiger partial charge >= 0.3 is 6.03 Å². The minimum Gasteiger partial charge on any atom is -0.399 e. The van der Waals surface area contributed by atoms with Gasteiger partial charge in [-0.1, -0.05) is 19.9 Å². The van der Waals surface area contributed by atoms with Crippen LogP contribution in [0, 0.1) is 5.92 Å². The molecule has 2 N–H and O–H groups in total. The van der Waals surface area contributed by atoms with Crippen molar-refractivity contribution in [3.8, 4) is 0 Å². The summed E-state index contributed by atoms with van der Waals surface area (Å²) in [5.74, 6) is 0.613. The second-order valence-corrected chi connectivity index (χ2v) is 8.28. The number of aryl methyl sites for hydroxylation is 1. The lowest BCUT2D eigenvalue weighted by Crippen LogP contribution is -2.46. The first-order valence-corrected chi connectivity index (χ1v) is 9.81. The minimum absolute atomic E-state index is 0.109. The molecule has 25 heavy (non-hydrogen) atoms. The fraction of sp³-hybridized carbons (Fsp3) is 0.667. The fourth-order valence-electron chi connectivity index (χ4n) is 4.54. The third kappa shape index (κ3) is 3.63. The normalized spacial score (nSPS) is 26.2. The van der Waals surface area contributed by atoms with Crippen molar-refractivity contribution in [2.45, 2.75) is 57.8 Å². The van der Waals surface area contributed by atoms with Gasteiger partial charge < -0.3 is 15.5 Å². The summed E-state index contributed by atoms with van der Waals surface area (Å²) in [6, 6.07) is 6.58. The maximum Gasteiger partial charge on any atom is 0.319 e. The van der Waals surface area contributed by atoms with Crippen LogP contribution in [-0.2, 0) is 11.8 Å². The lowest BCUT2D eigenvalue weighted by Gasteiger charge is -2.43. The van der Waals surface area contributed by atoms with Crippen molar-refractivity contribution < 1.29 is 4.79 Å². The highest BCUT2D eigenvalue weighted by Crippen LogP contribution is 2.44. The highest BCUT2D eigenvalue weighted by atomic mass is 16.2. The molecular weight excluding hydrogens is 310 g/mol. The third-order valence-corrected chi connectivity index (χ3v) is 6.60. The van der Waals surface area contributed by atoms with Crippen molar-refractivity contribution in [3.63, 3.8) is 0 Å². The van der Waals surface area contributed by atoms with Crippen LogP contribution in [0.2, 0.25) is 0 Å². The zero-order chi connectivity index (χ0) is 18.0. The number of rotatable bonds is 3. The molecule has 2 aliphatic rings. The van der Waals surface area contributed by atoms with Crippen LogP contribution in [0.3, 0.4) is 0 Å². The molecule has 1 aromatic rings. The van der Waals surface area contributed by atoms with Crippen LogP contribution in [0.4, 0.5) is 10.5 Å². The van der Waals surface area contributed by atoms with Crippen molar-refractivity contribution in [2.24, 2.45) is 5.92 Å². The maximum atomic E-state index is 12.7. The lowest BCUT2D eigenvalue weighted by atomic mass is 9.63. The van der Waals surface area contributed by atoms with Gasteiger partial charge in [0.05, 0.1) is 0 Å².